The van der Waals surface area contributed by atoms with Crippen LogP contribution in [0, 0.1) is 12.7 Å². The van der Waals surface area contributed by atoms with Gasteiger partial charge in [0.05, 0.1) is 17.4 Å². The van der Waals surface area contributed by atoms with Crippen LogP contribution in [-0.4, -0.2) is 16.1 Å². The molecule has 0 aliphatic heterocycles. The molecule has 0 fully saturated rings. The smallest absolute Gasteiger partial charge is 0.291 e. The van der Waals surface area contributed by atoms with Gasteiger partial charge in [0, 0.05) is 16.3 Å². The van der Waals surface area contributed by atoms with Crippen molar-refractivity contribution in [2.75, 3.05) is 5.32 Å². The van der Waals surface area contributed by atoms with Crippen LogP contribution in [0.4, 0.5) is 10.1 Å². The zero-order valence-electron chi connectivity index (χ0n) is 12.2. The normalized spacial score (nSPS) is 11.2. The second-order valence-electron chi connectivity index (χ2n) is 5.27. The molecule has 0 radical (unpaired) electrons. The number of aromatic amines is 1. The Balaban J connectivity index is 1.76. The Kier molecular flexibility index (Phi) is 2.90. The van der Waals surface area contributed by atoms with E-state index in [0.717, 1.165) is 10.9 Å². The van der Waals surface area contributed by atoms with Crippen LogP contribution in [-0.2, 0) is 0 Å². The van der Waals surface area contributed by atoms with Crippen LogP contribution in [0.2, 0.25) is 0 Å². The first-order valence-electron chi connectivity index (χ1n) is 7.06. The number of aryl methyl sites for hydroxylation is 1. The molecule has 0 saturated carbocycles. The minimum Gasteiger partial charge on any atom is -0.448 e. The summed E-state index contributed by atoms with van der Waals surface area (Å²) in [5.41, 5.74) is 2.01. The van der Waals surface area contributed by atoms with Gasteiger partial charge in [-0.05, 0) is 19.1 Å². The number of nitrogens with one attached hydrogen (secondary N) is 2. The van der Waals surface area contributed by atoms with E-state index < -0.39 is 11.7 Å². The molecule has 0 aliphatic rings. The number of para-hydroxylation sites is 2. The molecule has 1 amide bonds. The molecule has 4 aromatic rings. The number of halogens is 1. The number of rotatable bonds is 2. The molecule has 2 heterocycles. The maximum Gasteiger partial charge on any atom is 0.291 e. The number of hydrogen-bond acceptors (Lipinski definition) is 3. The van der Waals surface area contributed by atoms with Crippen molar-refractivity contribution in [3.8, 4) is 0 Å². The van der Waals surface area contributed by atoms with Gasteiger partial charge in [-0.15, -0.1) is 0 Å². The van der Waals surface area contributed by atoms with E-state index >= 15 is 0 Å². The quantitative estimate of drug-likeness (QED) is 0.587. The van der Waals surface area contributed by atoms with E-state index in [4.69, 9.17) is 4.42 Å². The van der Waals surface area contributed by atoms with Crippen molar-refractivity contribution in [3.63, 3.8) is 0 Å². The van der Waals surface area contributed by atoms with Crippen molar-refractivity contribution in [2.45, 2.75) is 6.92 Å². The summed E-state index contributed by atoms with van der Waals surface area (Å²) < 4.78 is 19.2. The van der Waals surface area contributed by atoms with Gasteiger partial charge >= 0.3 is 0 Å². The topological polar surface area (TPSA) is 70.9 Å². The molecule has 6 heteroatoms. The largest absolute Gasteiger partial charge is 0.448 e. The van der Waals surface area contributed by atoms with E-state index in [-0.39, 0.29) is 11.3 Å². The number of benzene rings is 2. The first-order chi connectivity index (χ1) is 11.1. The number of carbonyl (C=O) groups excluding carboxylic acids is 1. The lowest BCUT2D eigenvalue weighted by molar-refractivity contribution is 0.0998. The fourth-order valence-electron chi connectivity index (χ4n) is 2.68. The summed E-state index contributed by atoms with van der Waals surface area (Å²) in [6.07, 6.45) is 1.67. The van der Waals surface area contributed by atoms with Gasteiger partial charge in [-0.25, -0.2) is 4.39 Å². The highest BCUT2D eigenvalue weighted by atomic mass is 19.1. The fourth-order valence-corrected chi connectivity index (χ4v) is 2.68. The van der Waals surface area contributed by atoms with Crippen LogP contribution >= 0.6 is 0 Å². The molecule has 2 aromatic carbocycles. The standard InChI is InChI=1S/C17H12FN3O2/c1-9-11-5-3-6-12(18)16(11)23-15(9)17(22)20-13-7-2-4-10-8-19-21-14(10)13/h2-8H,1H3,(H,19,21)(H,20,22). The maximum absolute atomic E-state index is 13.8. The Morgan fingerprint density at radius 1 is 1.26 bits per heavy atom. The zero-order chi connectivity index (χ0) is 16.0. The van der Waals surface area contributed by atoms with E-state index in [0.29, 0.717) is 16.6 Å². The summed E-state index contributed by atoms with van der Waals surface area (Å²) in [6, 6.07) is 10.1. The molecule has 5 nitrogen and oxygen atoms in total. The minimum atomic E-state index is -0.486. The van der Waals surface area contributed by atoms with Crippen molar-refractivity contribution in [2.24, 2.45) is 0 Å². The third kappa shape index (κ3) is 2.07. The third-order valence-electron chi connectivity index (χ3n) is 3.85. The number of furan rings is 1. The first-order valence-corrected chi connectivity index (χ1v) is 7.06. The highest BCUT2D eigenvalue weighted by Gasteiger charge is 2.20. The molecule has 114 valence electrons. The average Bonchev–Trinajstić information content (AvgIpc) is 3.14. The van der Waals surface area contributed by atoms with Crippen LogP contribution in [0.25, 0.3) is 21.9 Å². The monoisotopic (exact) mass is 309 g/mol. The average molecular weight is 309 g/mol. The van der Waals surface area contributed by atoms with Crippen LogP contribution in [0.1, 0.15) is 16.1 Å². The Morgan fingerprint density at radius 3 is 2.91 bits per heavy atom. The number of nitrogens with zero attached hydrogens (tertiary/aromatic N) is 1. The lowest BCUT2D eigenvalue weighted by Crippen LogP contribution is -2.12. The number of aromatic nitrogens is 2. The molecular weight excluding hydrogens is 297 g/mol. The summed E-state index contributed by atoms with van der Waals surface area (Å²) >= 11 is 0. The van der Waals surface area contributed by atoms with Crippen LogP contribution in [0.15, 0.2) is 47.0 Å². The summed E-state index contributed by atoms with van der Waals surface area (Å²) in [5, 5.41) is 11.1. The number of H-pyrrole nitrogens is 1. The van der Waals surface area contributed by atoms with Crippen molar-refractivity contribution in [1.29, 1.82) is 0 Å². The van der Waals surface area contributed by atoms with Crippen LogP contribution in [0.3, 0.4) is 0 Å². The Labute approximate surface area is 130 Å². The molecule has 4 rings (SSSR count). The van der Waals surface area contributed by atoms with Gasteiger partial charge in [0.2, 0.25) is 0 Å². The summed E-state index contributed by atoms with van der Waals surface area (Å²) in [4.78, 5) is 12.5. The fraction of sp³-hybridized carbons (Fsp3) is 0.0588. The van der Waals surface area contributed by atoms with Crippen LogP contribution < -0.4 is 5.32 Å². The second kappa shape index (κ2) is 4.95. The predicted molar refractivity (Wildman–Crippen MR) is 85.0 cm³/mol. The number of carbonyl (C=O) groups is 1. The zero-order valence-corrected chi connectivity index (χ0v) is 12.2. The highest BCUT2D eigenvalue weighted by molar-refractivity contribution is 6.09. The molecule has 0 unspecified atom stereocenters. The molecule has 0 aliphatic carbocycles. The highest BCUT2D eigenvalue weighted by Crippen LogP contribution is 2.28. The van der Waals surface area contributed by atoms with E-state index in [1.54, 1.807) is 31.3 Å². The predicted octanol–water partition coefficient (Wildman–Crippen LogP) is 4.01. The summed E-state index contributed by atoms with van der Waals surface area (Å²) in [5.74, 6) is -0.817. The number of amides is 1. The van der Waals surface area contributed by atoms with Gasteiger partial charge in [-0.3, -0.25) is 9.89 Å². The van der Waals surface area contributed by atoms with Crippen molar-refractivity contribution in [3.05, 3.63) is 59.7 Å². The van der Waals surface area contributed by atoms with Crippen LogP contribution in [0.5, 0.6) is 0 Å². The summed E-state index contributed by atoms with van der Waals surface area (Å²) in [7, 11) is 0. The lowest BCUT2D eigenvalue weighted by Gasteiger charge is -2.04. The minimum absolute atomic E-state index is 0.0925. The van der Waals surface area contributed by atoms with Gasteiger partial charge in [-0.1, -0.05) is 24.3 Å². The Morgan fingerprint density at radius 2 is 2.09 bits per heavy atom. The van der Waals surface area contributed by atoms with Crippen molar-refractivity contribution in [1.82, 2.24) is 10.2 Å². The molecule has 2 N–H and O–H groups in total. The molecule has 0 spiro atoms. The van der Waals surface area contributed by atoms with E-state index in [2.05, 4.69) is 15.5 Å². The first kappa shape index (κ1) is 13.5. The molecule has 23 heavy (non-hydrogen) atoms. The Bertz CT molecular complexity index is 1050. The number of hydrogen-bond donors (Lipinski definition) is 2. The van der Waals surface area contributed by atoms with Gasteiger partial charge < -0.3 is 9.73 Å². The summed E-state index contributed by atoms with van der Waals surface area (Å²) in [6.45, 7) is 1.73. The SMILES string of the molecule is Cc1c(C(=O)Nc2cccc3cn[nH]c23)oc2c(F)cccc12. The Hall–Kier alpha value is -3.15. The molecule has 0 bridgehead atoms. The van der Waals surface area contributed by atoms with Crippen molar-refractivity contribution >= 4 is 33.5 Å². The molecule has 0 atom stereocenters. The maximum atomic E-state index is 13.8. The van der Waals surface area contributed by atoms with Gasteiger partial charge in [0.15, 0.2) is 17.2 Å². The number of fused-ring (bicyclic) bond motifs is 2. The van der Waals surface area contributed by atoms with Gasteiger partial charge in [0.25, 0.3) is 5.91 Å². The van der Waals surface area contributed by atoms with Crippen molar-refractivity contribution < 1.29 is 13.6 Å². The van der Waals surface area contributed by atoms with E-state index in [1.807, 2.05) is 12.1 Å². The lowest BCUT2D eigenvalue weighted by atomic mass is 10.1. The molecular formula is C17H12FN3O2. The number of anilines is 1. The molecule has 2 aromatic heterocycles. The third-order valence-corrected chi connectivity index (χ3v) is 3.85. The van der Waals surface area contributed by atoms with E-state index in [9.17, 15) is 9.18 Å². The van der Waals surface area contributed by atoms with Gasteiger partial charge in [0.1, 0.15) is 0 Å². The van der Waals surface area contributed by atoms with Gasteiger partial charge in [-0.2, -0.15) is 5.10 Å². The molecule has 0 saturated heterocycles. The second-order valence-corrected chi connectivity index (χ2v) is 5.27. The van der Waals surface area contributed by atoms with E-state index in [1.165, 1.54) is 6.07 Å².